The molecule has 0 radical (unpaired) electrons. The summed E-state index contributed by atoms with van der Waals surface area (Å²) in [5.41, 5.74) is 7.06. The summed E-state index contributed by atoms with van der Waals surface area (Å²) in [5, 5.41) is 9.69. The first-order valence-electron chi connectivity index (χ1n) is 12.3. The number of hydrogen-bond donors (Lipinski definition) is 0. The smallest absolute Gasteiger partial charge is 0.158 e. The highest BCUT2D eigenvalue weighted by Crippen LogP contribution is 2.62. The summed E-state index contributed by atoms with van der Waals surface area (Å²) < 4.78 is 0. The predicted molar refractivity (Wildman–Crippen MR) is 145 cm³/mol. The minimum Gasteiger partial charge on any atom is -0.316 e. The largest absolute Gasteiger partial charge is 0.316 e. The number of aromatic nitrogens is 1. The molecular weight excluding hydrogens is 428 g/mol. The highest BCUT2D eigenvalue weighted by Gasteiger charge is 2.59. The van der Waals surface area contributed by atoms with Crippen molar-refractivity contribution in [3.63, 3.8) is 0 Å². The normalized spacial score (nSPS) is 22.2. The van der Waals surface area contributed by atoms with Crippen LogP contribution in [0.2, 0.25) is 0 Å². The number of nitrogens with zero attached hydrogens (tertiary/aromatic N) is 4. The van der Waals surface area contributed by atoms with Gasteiger partial charge >= 0.3 is 0 Å². The average Bonchev–Trinajstić information content (AvgIpc) is 3.17. The number of nitriles is 1. The highest BCUT2D eigenvalue weighted by molar-refractivity contribution is 5.90. The molecule has 2 aliphatic heterocycles. The van der Waals surface area contributed by atoms with Crippen LogP contribution in [0.5, 0.6) is 0 Å². The number of hydrogen-bond acceptors (Lipinski definition) is 4. The molecule has 3 aromatic rings. The molecule has 178 valence electrons. The van der Waals surface area contributed by atoms with E-state index in [2.05, 4.69) is 119 Å². The van der Waals surface area contributed by atoms with Crippen LogP contribution in [0, 0.1) is 23.7 Å². The monoisotopic (exact) mass is 462 g/mol. The van der Waals surface area contributed by atoms with Crippen LogP contribution in [0.15, 0.2) is 67.4 Å². The molecule has 4 heteroatoms. The van der Waals surface area contributed by atoms with E-state index in [0.717, 1.165) is 22.9 Å². The van der Waals surface area contributed by atoms with Crippen molar-refractivity contribution in [2.75, 3.05) is 9.80 Å². The van der Waals surface area contributed by atoms with Gasteiger partial charge in [-0.2, -0.15) is 5.26 Å². The lowest BCUT2D eigenvalue weighted by Gasteiger charge is -2.56. The first-order valence-corrected chi connectivity index (χ1v) is 12.3. The van der Waals surface area contributed by atoms with E-state index in [4.69, 9.17) is 4.98 Å². The average molecular weight is 463 g/mol. The first-order chi connectivity index (χ1) is 16.5. The first kappa shape index (κ1) is 23.2. The van der Waals surface area contributed by atoms with Gasteiger partial charge in [0.2, 0.25) is 0 Å². The Morgan fingerprint density at radius 3 is 2.34 bits per heavy atom. The van der Waals surface area contributed by atoms with Gasteiger partial charge in [-0.1, -0.05) is 78.0 Å². The number of aryl methyl sites for hydroxylation is 1. The van der Waals surface area contributed by atoms with E-state index in [1.165, 1.54) is 16.7 Å². The SMILES string of the molecule is C=CC1(C)c2cc(C(C)(C)C)ccc2N2c3ncc(C#N)cc3N(c3ccccc3C)C2C1(C)C. The molecule has 0 amide bonds. The molecule has 3 heterocycles. The van der Waals surface area contributed by atoms with Crippen LogP contribution < -0.4 is 9.80 Å². The molecule has 2 unspecified atom stereocenters. The Bertz CT molecular complexity index is 1390. The zero-order valence-electron chi connectivity index (χ0n) is 21.8. The minimum atomic E-state index is -0.300. The number of anilines is 4. The molecule has 0 saturated carbocycles. The third-order valence-corrected chi connectivity index (χ3v) is 8.40. The van der Waals surface area contributed by atoms with E-state index in [0.29, 0.717) is 5.56 Å². The molecule has 0 bridgehead atoms. The fraction of sp³-hybridized carbons (Fsp3) is 0.355. The molecule has 0 N–H and O–H groups in total. The molecule has 2 atom stereocenters. The van der Waals surface area contributed by atoms with Gasteiger partial charge in [-0.05, 0) is 47.2 Å². The van der Waals surface area contributed by atoms with Gasteiger partial charge in [0, 0.05) is 28.4 Å². The maximum atomic E-state index is 9.69. The third kappa shape index (κ3) is 3.07. The summed E-state index contributed by atoms with van der Waals surface area (Å²) in [6.07, 6.45) is 3.77. The Morgan fingerprint density at radius 2 is 1.71 bits per heavy atom. The molecule has 5 rings (SSSR count). The molecule has 4 nitrogen and oxygen atoms in total. The van der Waals surface area contributed by atoms with E-state index in [1.54, 1.807) is 6.20 Å². The summed E-state index contributed by atoms with van der Waals surface area (Å²) >= 11 is 0. The highest BCUT2D eigenvalue weighted by atomic mass is 15.5. The molecule has 2 aromatic carbocycles. The Kier molecular flexibility index (Phi) is 4.94. The number of para-hydroxylation sites is 1. The Hall–Kier alpha value is -3.58. The van der Waals surface area contributed by atoms with E-state index >= 15 is 0 Å². The number of rotatable bonds is 2. The summed E-state index contributed by atoms with van der Waals surface area (Å²) in [5.74, 6) is 0.890. The van der Waals surface area contributed by atoms with Crippen molar-refractivity contribution in [3.05, 3.63) is 89.6 Å². The van der Waals surface area contributed by atoms with Crippen molar-refractivity contribution in [1.29, 1.82) is 5.26 Å². The van der Waals surface area contributed by atoms with Crippen LogP contribution in [0.1, 0.15) is 63.8 Å². The second-order valence-electron chi connectivity index (χ2n) is 11.7. The number of allylic oxidation sites excluding steroid dienone is 1. The lowest BCUT2D eigenvalue weighted by molar-refractivity contribution is 0.170. The van der Waals surface area contributed by atoms with Gasteiger partial charge in [0.15, 0.2) is 5.82 Å². The molecule has 35 heavy (non-hydrogen) atoms. The third-order valence-electron chi connectivity index (χ3n) is 8.40. The van der Waals surface area contributed by atoms with Crippen molar-refractivity contribution in [3.8, 4) is 6.07 Å². The van der Waals surface area contributed by atoms with Gasteiger partial charge in [0.05, 0.1) is 11.3 Å². The Labute approximate surface area is 209 Å². The Balaban J connectivity index is 1.87. The van der Waals surface area contributed by atoms with Crippen LogP contribution in [0.25, 0.3) is 0 Å². The maximum Gasteiger partial charge on any atom is 0.158 e. The molecule has 1 aromatic heterocycles. The summed E-state index contributed by atoms with van der Waals surface area (Å²) in [6.45, 7) is 20.3. The maximum absolute atomic E-state index is 9.69. The number of fused-ring (bicyclic) bond motifs is 5. The van der Waals surface area contributed by atoms with Gasteiger partial charge in [0.1, 0.15) is 12.2 Å². The van der Waals surface area contributed by atoms with Crippen molar-refractivity contribution >= 4 is 22.9 Å². The van der Waals surface area contributed by atoms with Crippen LogP contribution >= 0.6 is 0 Å². The zero-order chi connectivity index (χ0) is 25.3. The Morgan fingerprint density at radius 1 is 1.00 bits per heavy atom. The molecular formula is C31H34N4. The lowest BCUT2D eigenvalue weighted by Crippen LogP contribution is -2.60. The lowest BCUT2D eigenvalue weighted by atomic mass is 9.58. The fourth-order valence-corrected chi connectivity index (χ4v) is 5.84. The molecule has 2 aliphatic rings. The van der Waals surface area contributed by atoms with Crippen LogP contribution in [0.3, 0.4) is 0 Å². The van der Waals surface area contributed by atoms with Gasteiger partial charge in [-0.25, -0.2) is 4.98 Å². The molecule has 0 aliphatic carbocycles. The summed E-state index contributed by atoms with van der Waals surface area (Å²) in [6, 6.07) is 19.6. The predicted octanol–water partition coefficient (Wildman–Crippen LogP) is 7.66. The van der Waals surface area contributed by atoms with Gasteiger partial charge in [-0.15, -0.1) is 6.58 Å². The van der Waals surface area contributed by atoms with E-state index in [1.807, 2.05) is 6.07 Å². The van der Waals surface area contributed by atoms with Crippen molar-refractivity contribution in [2.45, 2.75) is 65.5 Å². The zero-order valence-corrected chi connectivity index (χ0v) is 21.8. The van der Waals surface area contributed by atoms with E-state index < -0.39 is 0 Å². The molecule has 0 saturated heterocycles. The van der Waals surface area contributed by atoms with Crippen molar-refractivity contribution in [1.82, 2.24) is 4.98 Å². The second kappa shape index (κ2) is 7.46. The molecule has 0 fully saturated rings. The van der Waals surface area contributed by atoms with Gasteiger partial charge < -0.3 is 9.80 Å². The van der Waals surface area contributed by atoms with E-state index in [-0.39, 0.29) is 22.4 Å². The quantitative estimate of drug-likeness (QED) is 0.367. The topological polar surface area (TPSA) is 43.2 Å². The number of pyridine rings is 1. The van der Waals surface area contributed by atoms with Crippen molar-refractivity contribution in [2.24, 2.45) is 5.41 Å². The van der Waals surface area contributed by atoms with Gasteiger partial charge in [0.25, 0.3) is 0 Å². The summed E-state index contributed by atoms with van der Waals surface area (Å²) in [7, 11) is 0. The van der Waals surface area contributed by atoms with Crippen LogP contribution in [-0.4, -0.2) is 11.1 Å². The number of benzene rings is 2. The van der Waals surface area contributed by atoms with Crippen molar-refractivity contribution < 1.29 is 0 Å². The standard InChI is InChI=1S/C31H34N4/c1-9-31(8)23-17-22(29(3,4)5)14-15-25(23)35-27-26(16-21(18-32)19-33-27)34(28(35)30(31,6)7)24-13-11-10-12-20(24)2/h9-17,19,28H,1H2,2-8H3. The van der Waals surface area contributed by atoms with Gasteiger partial charge in [-0.3, -0.25) is 0 Å². The fourth-order valence-electron chi connectivity index (χ4n) is 5.84. The second-order valence-corrected chi connectivity index (χ2v) is 11.7. The van der Waals surface area contributed by atoms with E-state index in [9.17, 15) is 5.26 Å². The minimum absolute atomic E-state index is 0.0359. The van der Waals surface area contributed by atoms with Crippen LogP contribution in [0.4, 0.5) is 22.9 Å². The summed E-state index contributed by atoms with van der Waals surface area (Å²) in [4.78, 5) is 9.64. The van der Waals surface area contributed by atoms with Crippen LogP contribution in [-0.2, 0) is 10.8 Å². The molecule has 0 spiro atoms.